The molecule has 0 amide bonds. The number of anilines is 2. The van der Waals surface area contributed by atoms with E-state index in [1.165, 1.54) is 30.3 Å². The predicted octanol–water partition coefficient (Wildman–Crippen LogP) is 7.35. The molecule has 0 unspecified atom stereocenters. The van der Waals surface area contributed by atoms with Crippen LogP contribution < -0.4 is 10.1 Å². The summed E-state index contributed by atoms with van der Waals surface area (Å²) in [6, 6.07) is 13.2. The number of alkyl halides is 3. The molecule has 0 saturated heterocycles. The van der Waals surface area contributed by atoms with Gasteiger partial charge in [0.25, 0.3) is 0 Å². The van der Waals surface area contributed by atoms with Gasteiger partial charge in [-0.1, -0.05) is 35.9 Å². The molecular weight excluding hydrogens is 470 g/mol. The van der Waals surface area contributed by atoms with Crippen LogP contribution in [0.3, 0.4) is 0 Å². The summed E-state index contributed by atoms with van der Waals surface area (Å²) in [6.45, 7) is 3.74. The van der Waals surface area contributed by atoms with Gasteiger partial charge in [-0.15, -0.1) is 0 Å². The summed E-state index contributed by atoms with van der Waals surface area (Å²) in [4.78, 5) is 4.59. The number of hydrogen-bond donors (Lipinski definition) is 1. The third-order valence-corrected chi connectivity index (χ3v) is 6.12. The molecule has 1 aliphatic rings. The highest BCUT2D eigenvalue weighted by molar-refractivity contribution is 6.33. The number of rotatable bonds is 4. The van der Waals surface area contributed by atoms with E-state index in [1.54, 1.807) is 22.8 Å². The van der Waals surface area contributed by atoms with Gasteiger partial charge in [0.1, 0.15) is 17.2 Å². The number of halogens is 5. The summed E-state index contributed by atoms with van der Waals surface area (Å²) in [5.74, 6) is 0.229. The monoisotopic (exact) mass is 489 g/mol. The van der Waals surface area contributed by atoms with Crippen molar-refractivity contribution >= 4 is 34.3 Å². The van der Waals surface area contributed by atoms with Crippen molar-refractivity contribution in [2.75, 3.05) is 5.32 Å². The second-order valence-electron chi connectivity index (χ2n) is 8.85. The van der Waals surface area contributed by atoms with Crippen LogP contribution in [-0.2, 0) is 19.1 Å². The molecule has 2 heterocycles. The lowest BCUT2D eigenvalue weighted by Gasteiger charge is -2.17. The van der Waals surface area contributed by atoms with Gasteiger partial charge >= 0.3 is 6.18 Å². The summed E-state index contributed by atoms with van der Waals surface area (Å²) in [5.41, 5.74) is 0.876. The van der Waals surface area contributed by atoms with Crippen LogP contribution in [0.25, 0.3) is 11.0 Å². The fourth-order valence-corrected chi connectivity index (χ4v) is 4.60. The van der Waals surface area contributed by atoms with Crippen LogP contribution in [0.1, 0.15) is 30.5 Å². The minimum absolute atomic E-state index is 0.00180. The molecule has 176 valence electrons. The molecule has 1 N–H and O–H groups in total. The molecule has 0 fully saturated rings. The minimum Gasteiger partial charge on any atom is -0.487 e. The van der Waals surface area contributed by atoms with Gasteiger partial charge in [0, 0.05) is 12.0 Å². The Kier molecular flexibility index (Phi) is 5.24. The largest absolute Gasteiger partial charge is 0.487 e. The summed E-state index contributed by atoms with van der Waals surface area (Å²) < 4.78 is 63.4. The Labute approximate surface area is 198 Å². The Hall–Kier alpha value is -3.26. The highest BCUT2D eigenvalue weighted by Gasteiger charge is 2.35. The van der Waals surface area contributed by atoms with Crippen molar-refractivity contribution in [3.8, 4) is 5.75 Å². The van der Waals surface area contributed by atoms with Gasteiger partial charge in [-0.2, -0.15) is 13.2 Å². The first kappa shape index (κ1) is 22.5. The quantitative estimate of drug-likeness (QED) is 0.304. The molecule has 0 saturated carbocycles. The lowest BCUT2D eigenvalue weighted by Crippen LogP contribution is -2.24. The van der Waals surface area contributed by atoms with Crippen LogP contribution >= 0.6 is 11.6 Å². The number of nitrogens with zero attached hydrogens (tertiary/aromatic N) is 2. The normalized spacial score (nSPS) is 14.8. The van der Waals surface area contributed by atoms with E-state index in [0.717, 1.165) is 11.6 Å². The molecular formula is C25H20ClF4N3O. The molecule has 0 aliphatic carbocycles. The average Bonchev–Trinajstić information content (AvgIpc) is 3.26. The molecule has 1 aliphatic heterocycles. The van der Waals surface area contributed by atoms with E-state index in [4.69, 9.17) is 16.3 Å². The van der Waals surface area contributed by atoms with Crippen LogP contribution in [0.4, 0.5) is 29.2 Å². The third-order valence-electron chi connectivity index (χ3n) is 5.81. The van der Waals surface area contributed by atoms with E-state index >= 15 is 0 Å². The molecule has 5 rings (SSSR count). The van der Waals surface area contributed by atoms with Gasteiger partial charge in [-0.3, -0.25) is 0 Å². The fourth-order valence-electron chi connectivity index (χ4n) is 4.39. The molecule has 9 heteroatoms. The Morgan fingerprint density at radius 3 is 2.59 bits per heavy atom. The van der Waals surface area contributed by atoms with Crippen molar-refractivity contribution in [1.82, 2.24) is 9.55 Å². The van der Waals surface area contributed by atoms with Crippen molar-refractivity contribution in [3.63, 3.8) is 0 Å². The molecule has 34 heavy (non-hydrogen) atoms. The SMILES string of the molecule is CC1(C)Cc2c(ccc3nc(Nc4c(F)cccc4Cl)n(Cc4ccccc4C(F)(F)F)c23)O1. The van der Waals surface area contributed by atoms with Crippen molar-refractivity contribution in [2.45, 2.75) is 38.6 Å². The van der Waals surface area contributed by atoms with E-state index < -0.39 is 23.2 Å². The maximum Gasteiger partial charge on any atom is 0.416 e. The van der Waals surface area contributed by atoms with Crippen LogP contribution in [0.5, 0.6) is 5.75 Å². The standard InChI is InChI=1S/C25H20ClF4N3O/c1-24(2)12-15-20(34-24)11-10-19-22(15)33(13-14-6-3-4-7-16(14)25(28,29)30)23(31-19)32-21-17(26)8-5-9-18(21)27/h3-11H,12-13H2,1-2H3,(H,31,32). The zero-order chi connectivity index (χ0) is 24.3. The minimum atomic E-state index is -4.53. The van der Waals surface area contributed by atoms with Crippen molar-refractivity contribution < 1.29 is 22.3 Å². The van der Waals surface area contributed by atoms with E-state index in [1.807, 2.05) is 13.8 Å². The van der Waals surface area contributed by atoms with Crippen LogP contribution in [0.2, 0.25) is 5.02 Å². The summed E-state index contributed by atoms with van der Waals surface area (Å²) in [6.07, 6.45) is -3.98. The van der Waals surface area contributed by atoms with Gasteiger partial charge in [0.2, 0.25) is 5.95 Å². The molecule has 4 aromatic rings. The van der Waals surface area contributed by atoms with E-state index in [9.17, 15) is 17.6 Å². The van der Waals surface area contributed by atoms with Gasteiger partial charge in [-0.05, 0) is 49.7 Å². The van der Waals surface area contributed by atoms with Crippen molar-refractivity contribution in [2.24, 2.45) is 0 Å². The first-order chi connectivity index (χ1) is 16.0. The summed E-state index contributed by atoms with van der Waals surface area (Å²) in [7, 11) is 0. The number of imidazole rings is 1. The molecule has 0 bridgehead atoms. The lowest BCUT2D eigenvalue weighted by atomic mass is 10.0. The maximum absolute atomic E-state index is 14.5. The van der Waals surface area contributed by atoms with Crippen LogP contribution in [-0.4, -0.2) is 15.2 Å². The number of hydrogen-bond acceptors (Lipinski definition) is 3. The second-order valence-corrected chi connectivity index (χ2v) is 9.25. The maximum atomic E-state index is 14.5. The smallest absolute Gasteiger partial charge is 0.416 e. The fraction of sp³-hybridized carbons (Fsp3) is 0.240. The summed E-state index contributed by atoms with van der Waals surface area (Å²) >= 11 is 6.20. The van der Waals surface area contributed by atoms with E-state index in [2.05, 4.69) is 10.3 Å². The summed E-state index contributed by atoms with van der Waals surface area (Å²) in [5, 5.41) is 3.04. The molecule has 0 spiro atoms. The molecule has 3 aromatic carbocycles. The molecule has 1 aromatic heterocycles. The van der Waals surface area contributed by atoms with Gasteiger partial charge in [0.05, 0.1) is 33.9 Å². The lowest BCUT2D eigenvalue weighted by molar-refractivity contribution is -0.138. The number of nitrogens with one attached hydrogen (secondary N) is 1. The number of para-hydroxylation sites is 1. The number of ether oxygens (including phenoxy) is 1. The zero-order valence-corrected chi connectivity index (χ0v) is 19.1. The number of fused-ring (bicyclic) bond motifs is 3. The van der Waals surface area contributed by atoms with Crippen molar-refractivity contribution in [1.29, 1.82) is 0 Å². The highest BCUT2D eigenvalue weighted by Crippen LogP contribution is 2.42. The van der Waals surface area contributed by atoms with E-state index in [0.29, 0.717) is 23.2 Å². The third kappa shape index (κ3) is 3.96. The zero-order valence-electron chi connectivity index (χ0n) is 18.3. The Morgan fingerprint density at radius 2 is 1.85 bits per heavy atom. The number of benzene rings is 3. The Bertz CT molecular complexity index is 1390. The first-order valence-electron chi connectivity index (χ1n) is 10.6. The first-order valence-corrected chi connectivity index (χ1v) is 11.0. The van der Waals surface area contributed by atoms with Gasteiger partial charge < -0.3 is 14.6 Å². The van der Waals surface area contributed by atoms with Crippen LogP contribution in [0.15, 0.2) is 54.6 Å². The second kappa shape index (κ2) is 7.91. The number of aromatic nitrogens is 2. The Balaban J connectivity index is 1.72. The predicted molar refractivity (Wildman–Crippen MR) is 123 cm³/mol. The van der Waals surface area contributed by atoms with Crippen molar-refractivity contribution in [3.05, 3.63) is 82.1 Å². The topological polar surface area (TPSA) is 39.1 Å². The molecule has 0 radical (unpaired) electrons. The molecule has 4 nitrogen and oxygen atoms in total. The van der Waals surface area contributed by atoms with E-state index in [-0.39, 0.29) is 28.8 Å². The van der Waals surface area contributed by atoms with Gasteiger partial charge in [-0.25, -0.2) is 9.37 Å². The molecule has 0 atom stereocenters. The van der Waals surface area contributed by atoms with Crippen LogP contribution in [0, 0.1) is 5.82 Å². The Morgan fingerprint density at radius 1 is 1.09 bits per heavy atom. The average molecular weight is 490 g/mol. The van der Waals surface area contributed by atoms with Gasteiger partial charge in [0.15, 0.2) is 0 Å². The highest BCUT2D eigenvalue weighted by atomic mass is 35.5.